The Bertz CT molecular complexity index is 327. The van der Waals surface area contributed by atoms with Crippen LogP contribution in [0.4, 0.5) is 0 Å². The number of nitrogens with one attached hydrogen (secondary N) is 1. The van der Waals surface area contributed by atoms with Crippen molar-refractivity contribution in [3.63, 3.8) is 0 Å². The van der Waals surface area contributed by atoms with E-state index in [1.807, 2.05) is 12.1 Å². The van der Waals surface area contributed by atoms with E-state index >= 15 is 0 Å². The highest BCUT2D eigenvalue weighted by molar-refractivity contribution is 7.84. The molecule has 0 fully saturated rings. The molecule has 0 aliphatic carbocycles. The Hall–Kier alpha value is 0.1000. The fraction of sp³-hybridized carbons (Fsp3) is 0.600. The summed E-state index contributed by atoms with van der Waals surface area (Å²) in [5.41, 5.74) is 0. The first kappa shape index (κ1) is 13.2. The lowest BCUT2D eigenvalue weighted by atomic mass is 10.2. The highest BCUT2D eigenvalue weighted by Gasteiger charge is 2.06. The summed E-state index contributed by atoms with van der Waals surface area (Å²) in [7, 11) is -0.679. The Morgan fingerprint density at radius 1 is 1.60 bits per heavy atom. The average Bonchev–Trinajstić information content (AvgIpc) is 2.59. The zero-order valence-corrected chi connectivity index (χ0v) is 11.3. The number of rotatable bonds is 6. The first-order valence-corrected chi connectivity index (χ1v) is 7.80. The molecule has 2 nitrogen and oxygen atoms in total. The van der Waals surface area contributed by atoms with Gasteiger partial charge in [0, 0.05) is 33.7 Å². The van der Waals surface area contributed by atoms with E-state index in [4.69, 9.17) is 11.6 Å². The molecule has 0 aliphatic rings. The topological polar surface area (TPSA) is 29.1 Å². The fourth-order valence-electron chi connectivity index (χ4n) is 1.26. The molecule has 1 aromatic heterocycles. The fourth-order valence-corrected chi connectivity index (χ4v) is 2.89. The Balaban J connectivity index is 2.24. The van der Waals surface area contributed by atoms with Crippen LogP contribution in [0.3, 0.4) is 0 Å². The van der Waals surface area contributed by atoms with Crippen LogP contribution in [0.1, 0.15) is 24.3 Å². The molecule has 0 spiro atoms. The summed E-state index contributed by atoms with van der Waals surface area (Å²) in [6, 6.07) is 4.29. The van der Waals surface area contributed by atoms with Gasteiger partial charge in [0.2, 0.25) is 0 Å². The van der Waals surface area contributed by atoms with E-state index < -0.39 is 10.8 Å². The van der Waals surface area contributed by atoms with Crippen molar-refractivity contribution in [2.75, 3.05) is 18.6 Å². The molecule has 15 heavy (non-hydrogen) atoms. The maximum atomic E-state index is 10.8. The molecule has 2 atom stereocenters. The molecule has 86 valence electrons. The first-order chi connectivity index (χ1) is 7.09. The van der Waals surface area contributed by atoms with Crippen LogP contribution in [-0.4, -0.2) is 22.8 Å². The Morgan fingerprint density at radius 3 is 2.87 bits per heavy atom. The predicted octanol–water partition coefficient (Wildman–Crippen LogP) is 2.82. The Kier molecular flexibility index (Phi) is 5.82. The van der Waals surface area contributed by atoms with Crippen LogP contribution in [-0.2, 0) is 10.8 Å². The van der Waals surface area contributed by atoms with Crippen molar-refractivity contribution in [3.8, 4) is 0 Å². The van der Waals surface area contributed by atoms with Crippen LogP contribution >= 0.6 is 22.9 Å². The van der Waals surface area contributed by atoms with E-state index in [0.717, 1.165) is 23.1 Å². The third-order valence-corrected chi connectivity index (χ3v) is 4.36. The van der Waals surface area contributed by atoms with Crippen LogP contribution in [0.25, 0.3) is 0 Å². The van der Waals surface area contributed by atoms with Gasteiger partial charge in [0.1, 0.15) is 0 Å². The first-order valence-electron chi connectivity index (χ1n) is 4.88. The summed E-state index contributed by atoms with van der Waals surface area (Å²) < 4.78 is 11.7. The highest BCUT2D eigenvalue weighted by atomic mass is 35.5. The molecular formula is C10H16ClNOS2. The molecule has 2 unspecified atom stereocenters. The third-order valence-electron chi connectivity index (χ3n) is 2.08. The minimum absolute atomic E-state index is 0.327. The summed E-state index contributed by atoms with van der Waals surface area (Å²) >= 11 is 7.46. The standard InChI is InChI=1S/C10H16ClNOS2/c1-8(9-4-5-10(11)14-9)12-6-3-7-15(2)13/h4-5,8,12H,3,6-7H2,1-2H3. The van der Waals surface area contributed by atoms with Gasteiger partial charge in [-0.3, -0.25) is 4.21 Å². The summed E-state index contributed by atoms with van der Waals surface area (Å²) in [5.74, 6) is 0.769. The van der Waals surface area contributed by atoms with Gasteiger partial charge in [-0.25, -0.2) is 0 Å². The highest BCUT2D eigenvalue weighted by Crippen LogP contribution is 2.26. The van der Waals surface area contributed by atoms with Crippen molar-refractivity contribution in [1.29, 1.82) is 0 Å². The number of hydrogen-bond donors (Lipinski definition) is 1. The second kappa shape index (κ2) is 6.63. The van der Waals surface area contributed by atoms with Gasteiger partial charge < -0.3 is 5.32 Å². The van der Waals surface area contributed by atoms with Crippen LogP contribution in [0, 0.1) is 0 Å². The summed E-state index contributed by atoms with van der Waals surface area (Å²) in [6.45, 7) is 3.02. The molecule has 0 amide bonds. The predicted molar refractivity (Wildman–Crippen MR) is 69.3 cm³/mol. The minimum Gasteiger partial charge on any atom is -0.309 e. The molecule has 0 saturated heterocycles. The van der Waals surface area contributed by atoms with Gasteiger partial charge in [-0.2, -0.15) is 0 Å². The van der Waals surface area contributed by atoms with Gasteiger partial charge >= 0.3 is 0 Å². The van der Waals surface area contributed by atoms with Crippen LogP contribution in [0.5, 0.6) is 0 Å². The molecule has 1 heterocycles. The van der Waals surface area contributed by atoms with Crippen molar-refractivity contribution in [2.45, 2.75) is 19.4 Å². The van der Waals surface area contributed by atoms with Crippen LogP contribution in [0.2, 0.25) is 4.34 Å². The monoisotopic (exact) mass is 265 g/mol. The lowest BCUT2D eigenvalue weighted by Crippen LogP contribution is -2.20. The van der Waals surface area contributed by atoms with Crippen molar-refractivity contribution >= 4 is 33.7 Å². The number of halogens is 1. The van der Waals surface area contributed by atoms with Gasteiger partial charge in [-0.1, -0.05) is 11.6 Å². The number of hydrogen-bond acceptors (Lipinski definition) is 3. The largest absolute Gasteiger partial charge is 0.309 e. The molecule has 0 saturated carbocycles. The molecular weight excluding hydrogens is 250 g/mol. The van der Waals surface area contributed by atoms with E-state index in [1.54, 1.807) is 17.6 Å². The van der Waals surface area contributed by atoms with Gasteiger partial charge in [0.05, 0.1) is 4.34 Å². The molecule has 5 heteroatoms. The van der Waals surface area contributed by atoms with E-state index in [9.17, 15) is 4.21 Å². The number of thiophene rings is 1. The molecule has 0 aromatic carbocycles. The Labute approximate surface area is 102 Å². The molecule has 1 rings (SSSR count). The Morgan fingerprint density at radius 2 is 2.33 bits per heavy atom. The quantitative estimate of drug-likeness (QED) is 0.802. The maximum Gasteiger partial charge on any atom is 0.0931 e. The minimum atomic E-state index is -0.679. The zero-order valence-electron chi connectivity index (χ0n) is 8.96. The smallest absolute Gasteiger partial charge is 0.0931 e. The van der Waals surface area contributed by atoms with E-state index in [0.29, 0.717) is 6.04 Å². The van der Waals surface area contributed by atoms with Crippen LogP contribution in [0.15, 0.2) is 12.1 Å². The average molecular weight is 266 g/mol. The molecule has 0 bridgehead atoms. The van der Waals surface area contributed by atoms with E-state index in [1.165, 1.54) is 4.88 Å². The second-order valence-corrected chi connectivity index (χ2v) is 6.75. The van der Waals surface area contributed by atoms with Crippen molar-refractivity contribution in [3.05, 3.63) is 21.3 Å². The van der Waals surface area contributed by atoms with E-state index in [2.05, 4.69) is 12.2 Å². The van der Waals surface area contributed by atoms with Gasteiger partial charge in [0.25, 0.3) is 0 Å². The second-order valence-electron chi connectivity index (χ2n) is 3.45. The van der Waals surface area contributed by atoms with Gasteiger partial charge in [-0.05, 0) is 32.0 Å². The van der Waals surface area contributed by atoms with Gasteiger partial charge in [0.15, 0.2) is 0 Å². The van der Waals surface area contributed by atoms with Crippen molar-refractivity contribution in [1.82, 2.24) is 5.32 Å². The molecule has 0 aliphatic heterocycles. The zero-order chi connectivity index (χ0) is 11.3. The lowest BCUT2D eigenvalue weighted by molar-refractivity contribution is 0.578. The molecule has 1 aromatic rings. The summed E-state index contributed by atoms with van der Waals surface area (Å²) in [5, 5.41) is 3.38. The normalized spacial score (nSPS) is 15.1. The van der Waals surface area contributed by atoms with Crippen LogP contribution < -0.4 is 5.32 Å². The SMILES string of the molecule is CC(NCCCS(C)=O)c1ccc(Cl)s1. The summed E-state index contributed by atoms with van der Waals surface area (Å²) in [6.07, 6.45) is 2.69. The molecule has 1 N–H and O–H groups in total. The molecule has 0 radical (unpaired) electrons. The van der Waals surface area contributed by atoms with Crippen molar-refractivity contribution in [2.24, 2.45) is 0 Å². The third kappa shape index (κ3) is 5.11. The summed E-state index contributed by atoms with van der Waals surface area (Å²) in [4.78, 5) is 1.25. The van der Waals surface area contributed by atoms with Gasteiger partial charge in [-0.15, -0.1) is 11.3 Å². The lowest BCUT2D eigenvalue weighted by Gasteiger charge is -2.11. The maximum absolute atomic E-state index is 10.8. The van der Waals surface area contributed by atoms with E-state index in [-0.39, 0.29) is 0 Å². The van der Waals surface area contributed by atoms with Crippen molar-refractivity contribution < 1.29 is 4.21 Å².